The Kier molecular flexibility index (Phi) is 4.49. The number of hydrogen-bond donors (Lipinski definition) is 1. The summed E-state index contributed by atoms with van der Waals surface area (Å²) in [5, 5.41) is 4.02. The lowest BCUT2D eigenvalue weighted by molar-refractivity contribution is 0.649. The number of hydrogen-bond acceptors (Lipinski definition) is 1. The lowest BCUT2D eigenvalue weighted by atomic mass is 10.2. The van der Waals surface area contributed by atoms with E-state index in [1.54, 1.807) is 0 Å². The normalized spacial score (nSPS) is 12.7. The van der Waals surface area contributed by atoms with E-state index in [9.17, 15) is 0 Å². The van der Waals surface area contributed by atoms with Crippen LogP contribution in [0.3, 0.4) is 0 Å². The molecule has 1 atom stereocenters. The standard InChI is InChI=1S/C14H16BrClN2/c1-10(17-2)11-5-6-18(8-11)9-12-3-4-13(15)7-14(12)16/h3-8,10,17H,9H2,1-2H3. The third kappa shape index (κ3) is 3.16. The van der Waals surface area contributed by atoms with Crippen molar-refractivity contribution >= 4 is 27.5 Å². The second-order valence-electron chi connectivity index (χ2n) is 4.36. The van der Waals surface area contributed by atoms with Crippen molar-refractivity contribution in [2.24, 2.45) is 0 Å². The van der Waals surface area contributed by atoms with Crippen molar-refractivity contribution in [1.82, 2.24) is 9.88 Å². The lowest BCUT2D eigenvalue weighted by Gasteiger charge is -2.08. The minimum Gasteiger partial charge on any atom is -0.350 e. The van der Waals surface area contributed by atoms with Crippen molar-refractivity contribution in [2.75, 3.05) is 7.05 Å². The molecule has 1 N–H and O–H groups in total. The molecule has 4 heteroatoms. The van der Waals surface area contributed by atoms with E-state index in [1.165, 1.54) is 5.56 Å². The van der Waals surface area contributed by atoms with Crippen molar-refractivity contribution in [3.63, 3.8) is 0 Å². The smallest absolute Gasteiger partial charge is 0.0485 e. The molecule has 0 saturated carbocycles. The van der Waals surface area contributed by atoms with Crippen molar-refractivity contribution in [3.8, 4) is 0 Å². The van der Waals surface area contributed by atoms with Gasteiger partial charge < -0.3 is 9.88 Å². The molecular formula is C14H16BrClN2. The van der Waals surface area contributed by atoms with Crippen molar-refractivity contribution < 1.29 is 0 Å². The van der Waals surface area contributed by atoms with E-state index in [4.69, 9.17) is 11.6 Å². The number of aromatic nitrogens is 1. The molecule has 2 nitrogen and oxygen atoms in total. The van der Waals surface area contributed by atoms with Crippen LogP contribution in [0.4, 0.5) is 0 Å². The molecule has 0 aliphatic heterocycles. The second kappa shape index (κ2) is 5.91. The van der Waals surface area contributed by atoms with Crippen LogP contribution in [0.1, 0.15) is 24.1 Å². The van der Waals surface area contributed by atoms with Crippen LogP contribution in [0.15, 0.2) is 41.1 Å². The van der Waals surface area contributed by atoms with Crippen molar-refractivity contribution in [2.45, 2.75) is 19.5 Å². The van der Waals surface area contributed by atoms with E-state index >= 15 is 0 Å². The monoisotopic (exact) mass is 326 g/mol. The molecule has 0 bridgehead atoms. The first-order valence-corrected chi connectivity index (χ1v) is 7.04. The largest absolute Gasteiger partial charge is 0.350 e. The van der Waals surface area contributed by atoms with Crippen LogP contribution in [0.5, 0.6) is 0 Å². The number of benzene rings is 1. The van der Waals surface area contributed by atoms with E-state index in [2.05, 4.69) is 51.2 Å². The minimum absolute atomic E-state index is 0.367. The molecule has 0 aliphatic carbocycles. The Morgan fingerprint density at radius 1 is 1.39 bits per heavy atom. The molecular weight excluding hydrogens is 312 g/mol. The summed E-state index contributed by atoms with van der Waals surface area (Å²) in [5.74, 6) is 0. The van der Waals surface area contributed by atoms with Crippen LogP contribution in [-0.4, -0.2) is 11.6 Å². The van der Waals surface area contributed by atoms with E-state index in [1.807, 2.05) is 25.2 Å². The summed E-state index contributed by atoms with van der Waals surface area (Å²) in [6, 6.07) is 8.49. The Morgan fingerprint density at radius 2 is 2.17 bits per heavy atom. The van der Waals surface area contributed by atoms with Gasteiger partial charge >= 0.3 is 0 Å². The zero-order valence-electron chi connectivity index (χ0n) is 10.5. The predicted octanol–water partition coefficient (Wildman–Crippen LogP) is 4.23. The van der Waals surface area contributed by atoms with Gasteiger partial charge in [-0.25, -0.2) is 0 Å². The summed E-state index contributed by atoms with van der Waals surface area (Å²) < 4.78 is 3.16. The van der Waals surface area contributed by atoms with E-state index in [0.717, 1.165) is 21.6 Å². The van der Waals surface area contributed by atoms with Crippen LogP contribution in [0, 0.1) is 0 Å². The fraction of sp³-hybridized carbons (Fsp3) is 0.286. The molecule has 0 radical (unpaired) electrons. The second-order valence-corrected chi connectivity index (χ2v) is 5.69. The molecule has 1 aromatic heterocycles. The summed E-state index contributed by atoms with van der Waals surface area (Å²) in [5.41, 5.74) is 2.41. The van der Waals surface area contributed by atoms with Gasteiger partial charge in [0.05, 0.1) is 0 Å². The Balaban J connectivity index is 2.16. The number of halogens is 2. The van der Waals surface area contributed by atoms with Gasteiger partial charge in [-0.1, -0.05) is 33.6 Å². The minimum atomic E-state index is 0.367. The lowest BCUT2D eigenvalue weighted by Crippen LogP contribution is -2.11. The van der Waals surface area contributed by atoms with E-state index < -0.39 is 0 Å². The Hall–Kier alpha value is -0.770. The highest BCUT2D eigenvalue weighted by atomic mass is 79.9. The Bertz CT molecular complexity index is 536. The molecule has 18 heavy (non-hydrogen) atoms. The van der Waals surface area contributed by atoms with Gasteiger partial charge in [0.2, 0.25) is 0 Å². The molecule has 0 fully saturated rings. The fourth-order valence-corrected chi connectivity index (χ4v) is 2.56. The van der Waals surface area contributed by atoms with E-state index in [-0.39, 0.29) is 0 Å². The van der Waals surface area contributed by atoms with Gasteiger partial charge in [-0.2, -0.15) is 0 Å². The molecule has 0 spiro atoms. The van der Waals surface area contributed by atoms with E-state index in [0.29, 0.717) is 6.04 Å². The van der Waals surface area contributed by atoms with Crippen LogP contribution in [0.25, 0.3) is 0 Å². The summed E-state index contributed by atoms with van der Waals surface area (Å²) in [6.45, 7) is 2.94. The van der Waals surface area contributed by atoms with Crippen LogP contribution < -0.4 is 5.32 Å². The SMILES string of the molecule is CNC(C)c1ccn(Cc2ccc(Br)cc2Cl)c1. The highest BCUT2D eigenvalue weighted by Crippen LogP contribution is 2.22. The van der Waals surface area contributed by atoms with Gasteiger partial charge in [-0.3, -0.25) is 0 Å². The molecule has 96 valence electrons. The zero-order valence-corrected chi connectivity index (χ0v) is 12.8. The molecule has 1 aromatic carbocycles. The van der Waals surface area contributed by atoms with Gasteiger partial charge in [0.1, 0.15) is 0 Å². The molecule has 0 amide bonds. The maximum Gasteiger partial charge on any atom is 0.0485 e. The number of rotatable bonds is 4. The average Bonchev–Trinajstić information content (AvgIpc) is 2.80. The third-order valence-electron chi connectivity index (χ3n) is 3.07. The zero-order chi connectivity index (χ0) is 13.1. The molecule has 2 rings (SSSR count). The number of nitrogens with zero attached hydrogens (tertiary/aromatic N) is 1. The maximum atomic E-state index is 6.22. The first-order chi connectivity index (χ1) is 8.60. The van der Waals surface area contributed by atoms with Crippen LogP contribution >= 0.6 is 27.5 Å². The summed E-state index contributed by atoms with van der Waals surface area (Å²) in [7, 11) is 1.97. The molecule has 1 unspecified atom stereocenters. The summed E-state index contributed by atoms with van der Waals surface area (Å²) in [6.07, 6.45) is 4.24. The summed E-state index contributed by atoms with van der Waals surface area (Å²) in [4.78, 5) is 0. The van der Waals surface area contributed by atoms with Gasteiger partial charge in [-0.05, 0) is 43.3 Å². The summed E-state index contributed by atoms with van der Waals surface area (Å²) >= 11 is 9.64. The molecule has 0 aliphatic rings. The van der Waals surface area contributed by atoms with Gasteiger partial charge in [-0.15, -0.1) is 0 Å². The topological polar surface area (TPSA) is 17.0 Å². The van der Waals surface area contributed by atoms with Gasteiger partial charge in [0, 0.05) is 34.5 Å². The maximum absolute atomic E-state index is 6.22. The first-order valence-electron chi connectivity index (χ1n) is 5.87. The highest BCUT2D eigenvalue weighted by Gasteiger charge is 2.06. The van der Waals surface area contributed by atoms with Crippen LogP contribution in [0.2, 0.25) is 5.02 Å². The Morgan fingerprint density at radius 3 is 2.83 bits per heavy atom. The number of nitrogens with one attached hydrogen (secondary N) is 1. The average molecular weight is 328 g/mol. The Labute approximate surface area is 121 Å². The van der Waals surface area contributed by atoms with Gasteiger partial charge in [0.25, 0.3) is 0 Å². The third-order valence-corrected chi connectivity index (χ3v) is 3.92. The van der Waals surface area contributed by atoms with Crippen molar-refractivity contribution in [1.29, 1.82) is 0 Å². The molecule has 0 saturated heterocycles. The van der Waals surface area contributed by atoms with Crippen LogP contribution in [-0.2, 0) is 6.54 Å². The van der Waals surface area contributed by atoms with Crippen molar-refractivity contribution in [3.05, 3.63) is 57.3 Å². The quantitative estimate of drug-likeness (QED) is 0.889. The molecule has 2 aromatic rings. The first kappa shape index (κ1) is 13.7. The van der Waals surface area contributed by atoms with Gasteiger partial charge in [0.15, 0.2) is 0 Å². The highest BCUT2D eigenvalue weighted by molar-refractivity contribution is 9.10. The molecule has 1 heterocycles. The fourth-order valence-electron chi connectivity index (χ4n) is 1.83. The predicted molar refractivity (Wildman–Crippen MR) is 80.2 cm³/mol.